The molecule has 29 heavy (non-hydrogen) atoms. The van der Waals surface area contributed by atoms with Crippen molar-refractivity contribution in [3.63, 3.8) is 0 Å². The number of fused-ring (bicyclic) bond motifs is 1. The van der Waals surface area contributed by atoms with Crippen LogP contribution in [-0.4, -0.2) is 24.2 Å². The highest BCUT2D eigenvalue weighted by Crippen LogP contribution is 2.32. The maximum absolute atomic E-state index is 13.0. The third-order valence-electron chi connectivity index (χ3n) is 4.35. The zero-order valence-electron chi connectivity index (χ0n) is 16.8. The van der Waals surface area contributed by atoms with Gasteiger partial charge >= 0.3 is 7.82 Å². The molecule has 0 aliphatic heterocycles. The van der Waals surface area contributed by atoms with Crippen molar-refractivity contribution in [2.75, 3.05) is 0 Å². The second-order valence-corrected chi connectivity index (χ2v) is 8.18. The molecule has 1 aromatic carbocycles. The fourth-order valence-electron chi connectivity index (χ4n) is 2.99. The molecule has 0 saturated carbocycles. The molecular weight excluding hydrogens is 398 g/mol. The van der Waals surface area contributed by atoms with E-state index in [0.717, 1.165) is 17.6 Å². The Balaban J connectivity index is 0.000000537. The quantitative estimate of drug-likeness (QED) is 0.533. The average Bonchev–Trinajstić information content (AvgIpc) is 2.85. The normalized spacial score (nSPS) is 11.5. The Kier molecular flexibility index (Phi) is 7.54. The van der Waals surface area contributed by atoms with E-state index in [2.05, 4.69) is 37.2 Å². The summed E-state index contributed by atoms with van der Waals surface area (Å²) in [6, 6.07) is 8.41. The van der Waals surface area contributed by atoms with Gasteiger partial charge in [-0.3, -0.25) is 0 Å². The SMILES string of the molecule is Cc1c(C)n(CC(C)C)c2c(OCc3ccc(F)cc3)nccc12.O=P(O)(O)O. The molecule has 2 heterocycles. The molecule has 0 fully saturated rings. The lowest BCUT2D eigenvalue weighted by Crippen LogP contribution is -2.08. The van der Waals surface area contributed by atoms with Crippen LogP contribution in [0.2, 0.25) is 0 Å². The van der Waals surface area contributed by atoms with Crippen LogP contribution in [0.3, 0.4) is 0 Å². The molecule has 0 saturated heterocycles. The first-order chi connectivity index (χ1) is 13.5. The Morgan fingerprint density at radius 2 is 1.72 bits per heavy atom. The number of hydrogen-bond acceptors (Lipinski definition) is 3. The summed E-state index contributed by atoms with van der Waals surface area (Å²) in [4.78, 5) is 26.0. The van der Waals surface area contributed by atoms with Gasteiger partial charge in [-0.2, -0.15) is 0 Å². The van der Waals surface area contributed by atoms with E-state index in [0.29, 0.717) is 18.4 Å². The first kappa shape index (κ1) is 23.0. The van der Waals surface area contributed by atoms with E-state index in [-0.39, 0.29) is 5.82 Å². The standard InChI is InChI=1S/C20H23FN2O.H3O4P/c1-13(2)11-23-15(4)14(3)18-9-10-22-20(19(18)23)24-12-16-5-7-17(21)8-6-16;1-5(2,3)4/h5-10,13H,11-12H2,1-4H3;(H3,1,2,3,4). The van der Waals surface area contributed by atoms with E-state index in [1.54, 1.807) is 18.3 Å². The first-order valence-electron chi connectivity index (χ1n) is 9.07. The number of pyridine rings is 1. The topological polar surface area (TPSA) is 105 Å². The van der Waals surface area contributed by atoms with Gasteiger partial charge in [-0.1, -0.05) is 26.0 Å². The fourth-order valence-corrected chi connectivity index (χ4v) is 2.99. The summed E-state index contributed by atoms with van der Waals surface area (Å²) in [6.07, 6.45) is 1.79. The van der Waals surface area contributed by atoms with E-state index in [1.165, 1.54) is 28.8 Å². The predicted octanol–water partition coefficient (Wildman–Crippen LogP) is 4.10. The Morgan fingerprint density at radius 3 is 2.28 bits per heavy atom. The van der Waals surface area contributed by atoms with Crippen molar-refractivity contribution >= 4 is 18.7 Å². The van der Waals surface area contributed by atoms with Crippen LogP contribution in [-0.2, 0) is 17.7 Å². The van der Waals surface area contributed by atoms with Crippen molar-refractivity contribution < 1.29 is 28.4 Å². The molecule has 0 amide bonds. The number of aromatic nitrogens is 2. The monoisotopic (exact) mass is 424 g/mol. The van der Waals surface area contributed by atoms with Gasteiger partial charge in [0.15, 0.2) is 0 Å². The summed E-state index contributed by atoms with van der Waals surface area (Å²) >= 11 is 0. The zero-order valence-corrected chi connectivity index (χ0v) is 17.7. The molecule has 7 nitrogen and oxygen atoms in total. The number of hydrogen-bond donors (Lipinski definition) is 3. The lowest BCUT2D eigenvalue weighted by atomic mass is 10.2. The van der Waals surface area contributed by atoms with Gasteiger partial charge in [0.05, 0.1) is 0 Å². The fraction of sp³-hybridized carbons (Fsp3) is 0.350. The summed E-state index contributed by atoms with van der Waals surface area (Å²) < 4.78 is 30.2. The minimum Gasteiger partial charge on any atom is -0.471 e. The molecule has 9 heteroatoms. The molecule has 3 aromatic rings. The van der Waals surface area contributed by atoms with E-state index in [4.69, 9.17) is 24.0 Å². The van der Waals surface area contributed by atoms with Crippen molar-refractivity contribution in [3.8, 4) is 5.88 Å². The molecule has 0 unspecified atom stereocenters. The number of phosphoric acid groups is 1. The number of rotatable bonds is 5. The number of ether oxygens (including phenoxy) is 1. The summed E-state index contributed by atoms with van der Waals surface area (Å²) in [5, 5.41) is 1.18. The second-order valence-electron chi connectivity index (χ2n) is 7.16. The van der Waals surface area contributed by atoms with Crippen molar-refractivity contribution in [2.24, 2.45) is 5.92 Å². The highest BCUT2D eigenvalue weighted by molar-refractivity contribution is 7.45. The molecule has 0 aliphatic rings. The first-order valence-corrected chi connectivity index (χ1v) is 10.6. The largest absolute Gasteiger partial charge is 0.471 e. The third kappa shape index (κ3) is 6.65. The Bertz CT molecular complexity index is 1000. The highest BCUT2D eigenvalue weighted by atomic mass is 31.2. The van der Waals surface area contributed by atoms with Crippen molar-refractivity contribution in [1.82, 2.24) is 9.55 Å². The predicted molar refractivity (Wildman–Crippen MR) is 109 cm³/mol. The van der Waals surface area contributed by atoms with Gasteiger partial charge in [0.25, 0.3) is 0 Å². The minimum atomic E-state index is -4.64. The smallest absolute Gasteiger partial charge is 0.466 e. The van der Waals surface area contributed by atoms with Gasteiger partial charge in [-0.15, -0.1) is 0 Å². The van der Waals surface area contributed by atoms with Crippen LogP contribution >= 0.6 is 7.82 Å². The van der Waals surface area contributed by atoms with Crippen molar-refractivity contribution in [3.05, 3.63) is 59.2 Å². The maximum atomic E-state index is 13.0. The molecule has 158 valence electrons. The van der Waals surface area contributed by atoms with Gasteiger partial charge in [0.1, 0.15) is 17.9 Å². The summed E-state index contributed by atoms with van der Waals surface area (Å²) in [5.74, 6) is 0.925. The van der Waals surface area contributed by atoms with Gasteiger partial charge in [0, 0.05) is 23.8 Å². The number of halogens is 1. The molecular formula is C20H26FN2O5P. The van der Waals surface area contributed by atoms with Crippen LogP contribution in [0.4, 0.5) is 4.39 Å². The number of nitrogens with zero attached hydrogens (tertiary/aromatic N) is 2. The van der Waals surface area contributed by atoms with Gasteiger partial charge < -0.3 is 24.0 Å². The molecule has 3 N–H and O–H groups in total. The van der Waals surface area contributed by atoms with Gasteiger partial charge in [-0.05, 0) is 49.1 Å². The molecule has 0 radical (unpaired) electrons. The minimum absolute atomic E-state index is 0.240. The van der Waals surface area contributed by atoms with Crippen LogP contribution in [0.15, 0.2) is 36.5 Å². The van der Waals surface area contributed by atoms with Crippen molar-refractivity contribution in [1.29, 1.82) is 0 Å². The maximum Gasteiger partial charge on any atom is 0.466 e. The summed E-state index contributed by atoms with van der Waals surface area (Å²) in [7, 11) is -4.64. The van der Waals surface area contributed by atoms with E-state index < -0.39 is 7.82 Å². The molecule has 0 spiro atoms. The lowest BCUT2D eigenvalue weighted by Gasteiger charge is -2.13. The number of aryl methyl sites for hydroxylation is 1. The molecule has 3 rings (SSSR count). The summed E-state index contributed by atoms with van der Waals surface area (Å²) in [6.45, 7) is 9.98. The van der Waals surface area contributed by atoms with Crippen LogP contribution < -0.4 is 4.74 Å². The Morgan fingerprint density at radius 1 is 1.14 bits per heavy atom. The van der Waals surface area contributed by atoms with Crippen molar-refractivity contribution in [2.45, 2.75) is 40.8 Å². The summed E-state index contributed by atoms with van der Waals surface area (Å²) in [5.41, 5.74) is 4.48. The highest BCUT2D eigenvalue weighted by Gasteiger charge is 2.17. The number of benzene rings is 1. The Hall–Kier alpha value is -2.25. The zero-order chi connectivity index (χ0) is 21.8. The van der Waals surface area contributed by atoms with Crippen LogP contribution in [0.25, 0.3) is 10.9 Å². The molecule has 0 bridgehead atoms. The Labute approximate surface area is 169 Å². The third-order valence-corrected chi connectivity index (χ3v) is 4.35. The second kappa shape index (κ2) is 9.50. The molecule has 0 aliphatic carbocycles. The van der Waals surface area contributed by atoms with E-state index in [1.807, 2.05) is 6.07 Å². The molecule has 2 aromatic heterocycles. The average molecular weight is 424 g/mol. The molecule has 0 atom stereocenters. The van der Waals surface area contributed by atoms with E-state index in [9.17, 15) is 4.39 Å². The van der Waals surface area contributed by atoms with E-state index >= 15 is 0 Å². The van der Waals surface area contributed by atoms with Gasteiger partial charge in [0.2, 0.25) is 5.88 Å². The lowest BCUT2D eigenvalue weighted by molar-refractivity contribution is 0.275. The van der Waals surface area contributed by atoms with Crippen LogP contribution in [0.1, 0.15) is 30.7 Å². The van der Waals surface area contributed by atoms with Crippen LogP contribution in [0.5, 0.6) is 5.88 Å². The van der Waals surface area contributed by atoms with Gasteiger partial charge in [-0.25, -0.2) is 13.9 Å². The van der Waals surface area contributed by atoms with Crippen LogP contribution in [0, 0.1) is 25.6 Å².